The molecule has 0 aliphatic carbocycles. The highest BCUT2D eigenvalue weighted by Gasteiger charge is 2.11. The van der Waals surface area contributed by atoms with Crippen LogP contribution in [0.3, 0.4) is 0 Å². The van der Waals surface area contributed by atoms with Gasteiger partial charge < -0.3 is 10.5 Å². The van der Waals surface area contributed by atoms with E-state index in [1.807, 2.05) is 32.0 Å². The number of benzene rings is 1. The van der Waals surface area contributed by atoms with Crippen molar-refractivity contribution in [1.82, 2.24) is 9.97 Å². The van der Waals surface area contributed by atoms with Crippen molar-refractivity contribution < 1.29 is 4.74 Å². The summed E-state index contributed by atoms with van der Waals surface area (Å²) in [5, 5.41) is 7.43. The van der Waals surface area contributed by atoms with E-state index >= 15 is 0 Å². The summed E-state index contributed by atoms with van der Waals surface area (Å²) in [4.78, 5) is 8.04. The Morgan fingerprint density at radius 2 is 1.94 bits per heavy atom. The molecule has 0 spiro atoms. The molecular formula is C13H14N4O. The molecule has 0 radical (unpaired) electrons. The van der Waals surface area contributed by atoms with Crippen LogP contribution in [0.5, 0.6) is 11.6 Å². The topological polar surface area (TPSA) is 84.9 Å². The number of ether oxygens (including phenoxy) is 1. The summed E-state index contributed by atoms with van der Waals surface area (Å²) in [5.41, 5.74) is 7.83. The zero-order valence-electron chi connectivity index (χ0n) is 10.3. The van der Waals surface area contributed by atoms with Crippen LogP contribution >= 0.6 is 0 Å². The van der Waals surface area contributed by atoms with Gasteiger partial charge in [0.15, 0.2) is 5.69 Å². The Kier molecular flexibility index (Phi) is 3.23. The van der Waals surface area contributed by atoms with Crippen molar-refractivity contribution in [1.29, 1.82) is 5.41 Å². The number of amidine groups is 1. The van der Waals surface area contributed by atoms with Gasteiger partial charge in [-0.2, -0.15) is 0 Å². The van der Waals surface area contributed by atoms with Crippen LogP contribution < -0.4 is 10.5 Å². The standard InChI is InChI=1S/C13H14N4O/c1-8-3-4-10(9(2)7-8)18-13-11(12(14)15)16-5-6-17-13/h3-7H,1-2H3,(H3,14,15). The Labute approximate surface area is 105 Å². The Bertz CT molecular complexity index is 595. The third-order valence-electron chi connectivity index (χ3n) is 2.46. The summed E-state index contributed by atoms with van der Waals surface area (Å²) in [6, 6.07) is 5.83. The lowest BCUT2D eigenvalue weighted by Gasteiger charge is -2.10. The van der Waals surface area contributed by atoms with Crippen LogP contribution in [0.15, 0.2) is 30.6 Å². The second kappa shape index (κ2) is 4.83. The Morgan fingerprint density at radius 3 is 2.61 bits per heavy atom. The molecule has 0 saturated carbocycles. The molecule has 0 saturated heterocycles. The fourth-order valence-electron chi connectivity index (χ4n) is 1.60. The van der Waals surface area contributed by atoms with Crippen LogP contribution in [-0.2, 0) is 0 Å². The van der Waals surface area contributed by atoms with Gasteiger partial charge in [0.25, 0.3) is 0 Å². The predicted molar refractivity (Wildman–Crippen MR) is 69.0 cm³/mol. The van der Waals surface area contributed by atoms with Crippen LogP contribution in [0.2, 0.25) is 0 Å². The molecule has 1 aromatic heterocycles. The lowest BCUT2D eigenvalue weighted by molar-refractivity contribution is 0.455. The first-order valence-electron chi connectivity index (χ1n) is 5.48. The molecule has 18 heavy (non-hydrogen) atoms. The summed E-state index contributed by atoms with van der Waals surface area (Å²) in [6.07, 6.45) is 2.98. The molecule has 0 fully saturated rings. The molecule has 3 N–H and O–H groups in total. The number of nitrogens with zero attached hydrogens (tertiary/aromatic N) is 2. The van der Waals surface area contributed by atoms with Crippen molar-refractivity contribution in [3.63, 3.8) is 0 Å². The zero-order valence-corrected chi connectivity index (χ0v) is 10.3. The number of hydrogen-bond donors (Lipinski definition) is 2. The van der Waals surface area contributed by atoms with Crippen LogP contribution in [-0.4, -0.2) is 15.8 Å². The molecule has 0 aliphatic rings. The Balaban J connectivity index is 2.37. The number of rotatable bonds is 3. The maximum atomic E-state index is 7.43. The molecule has 1 aromatic carbocycles. The third kappa shape index (κ3) is 2.45. The lowest BCUT2D eigenvalue weighted by atomic mass is 10.1. The minimum Gasteiger partial charge on any atom is -0.437 e. The molecule has 2 rings (SSSR count). The van der Waals surface area contributed by atoms with Gasteiger partial charge in [-0.3, -0.25) is 5.41 Å². The van der Waals surface area contributed by atoms with Crippen LogP contribution in [0, 0.1) is 19.3 Å². The Hall–Kier alpha value is -2.43. The Morgan fingerprint density at radius 1 is 1.22 bits per heavy atom. The second-order valence-corrected chi connectivity index (χ2v) is 3.99. The number of nitrogens with two attached hydrogens (primary N) is 1. The maximum absolute atomic E-state index is 7.43. The molecule has 0 bridgehead atoms. The molecule has 92 valence electrons. The van der Waals surface area contributed by atoms with Crippen LogP contribution in [0.1, 0.15) is 16.8 Å². The summed E-state index contributed by atoms with van der Waals surface area (Å²) in [7, 11) is 0. The highest BCUT2D eigenvalue weighted by Crippen LogP contribution is 2.25. The normalized spacial score (nSPS) is 10.1. The van der Waals surface area contributed by atoms with Gasteiger partial charge in [-0.1, -0.05) is 17.7 Å². The fraction of sp³-hybridized carbons (Fsp3) is 0.154. The molecule has 0 atom stereocenters. The quantitative estimate of drug-likeness (QED) is 0.638. The molecule has 0 aliphatic heterocycles. The van der Waals surface area contributed by atoms with Gasteiger partial charge in [0.1, 0.15) is 11.6 Å². The van der Waals surface area contributed by atoms with Crippen LogP contribution in [0.4, 0.5) is 0 Å². The van der Waals surface area contributed by atoms with Crippen molar-refractivity contribution in [2.24, 2.45) is 5.73 Å². The smallest absolute Gasteiger partial charge is 0.249 e. The lowest BCUT2D eigenvalue weighted by Crippen LogP contribution is -2.15. The SMILES string of the molecule is Cc1ccc(Oc2nccnc2C(=N)N)c(C)c1. The van der Waals surface area contributed by atoms with Crippen LogP contribution in [0.25, 0.3) is 0 Å². The number of nitrogen functional groups attached to an aromatic ring is 1. The molecule has 1 heterocycles. The highest BCUT2D eigenvalue weighted by atomic mass is 16.5. The molecule has 5 nitrogen and oxygen atoms in total. The van der Waals surface area contributed by atoms with E-state index in [4.69, 9.17) is 15.9 Å². The number of aromatic nitrogens is 2. The van der Waals surface area contributed by atoms with Crippen molar-refractivity contribution in [3.8, 4) is 11.6 Å². The first-order valence-corrected chi connectivity index (χ1v) is 5.48. The molecular weight excluding hydrogens is 228 g/mol. The average molecular weight is 242 g/mol. The van der Waals surface area contributed by atoms with Gasteiger partial charge >= 0.3 is 0 Å². The van der Waals surface area contributed by atoms with Gasteiger partial charge in [0, 0.05) is 12.4 Å². The van der Waals surface area contributed by atoms with Gasteiger partial charge in [-0.15, -0.1) is 0 Å². The minimum absolute atomic E-state index is 0.164. The summed E-state index contributed by atoms with van der Waals surface area (Å²) >= 11 is 0. The summed E-state index contributed by atoms with van der Waals surface area (Å²) in [6.45, 7) is 3.96. The van der Waals surface area contributed by atoms with E-state index in [1.165, 1.54) is 12.4 Å². The van der Waals surface area contributed by atoms with Gasteiger partial charge in [0.05, 0.1) is 0 Å². The van der Waals surface area contributed by atoms with Crippen molar-refractivity contribution in [3.05, 3.63) is 47.4 Å². The number of nitrogens with one attached hydrogen (secondary N) is 1. The third-order valence-corrected chi connectivity index (χ3v) is 2.46. The minimum atomic E-state index is -0.164. The first-order chi connectivity index (χ1) is 8.58. The molecule has 5 heteroatoms. The van der Waals surface area contributed by atoms with E-state index in [0.717, 1.165) is 11.1 Å². The van der Waals surface area contributed by atoms with Gasteiger partial charge in [-0.25, -0.2) is 9.97 Å². The van der Waals surface area contributed by atoms with E-state index in [-0.39, 0.29) is 17.4 Å². The number of aryl methyl sites for hydroxylation is 2. The molecule has 0 unspecified atom stereocenters. The van der Waals surface area contributed by atoms with Crippen molar-refractivity contribution >= 4 is 5.84 Å². The predicted octanol–water partition coefficient (Wildman–Crippen LogP) is 2.17. The second-order valence-electron chi connectivity index (χ2n) is 3.99. The van der Waals surface area contributed by atoms with Gasteiger partial charge in [-0.05, 0) is 25.5 Å². The van der Waals surface area contributed by atoms with Crippen molar-refractivity contribution in [2.75, 3.05) is 0 Å². The van der Waals surface area contributed by atoms with E-state index in [0.29, 0.717) is 5.75 Å². The fourth-order valence-corrected chi connectivity index (χ4v) is 1.60. The largest absolute Gasteiger partial charge is 0.437 e. The van der Waals surface area contributed by atoms with E-state index in [9.17, 15) is 0 Å². The monoisotopic (exact) mass is 242 g/mol. The molecule has 2 aromatic rings. The summed E-state index contributed by atoms with van der Waals surface area (Å²) in [5.74, 6) is 0.767. The van der Waals surface area contributed by atoms with Gasteiger partial charge in [0.2, 0.25) is 5.88 Å². The first kappa shape index (κ1) is 12.0. The number of hydrogen-bond acceptors (Lipinski definition) is 4. The van der Waals surface area contributed by atoms with E-state index in [1.54, 1.807) is 0 Å². The zero-order chi connectivity index (χ0) is 13.1. The maximum Gasteiger partial charge on any atom is 0.249 e. The van der Waals surface area contributed by atoms with E-state index in [2.05, 4.69) is 9.97 Å². The molecule has 0 amide bonds. The summed E-state index contributed by atoms with van der Waals surface area (Å²) < 4.78 is 5.66. The highest BCUT2D eigenvalue weighted by molar-refractivity contribution is 5.95. The van der Waals surface area contributed by atoms with E-state index < -0.39 is 0 Å². The average Bonchev–Trinajstić information content (AvgIpc) is 2.33. The van der Waals surface area contributed by atoms with Crippen molar-refractivity contribution in [2.45, 2.75) is 13.8 Å².